The zero-order chi connectivity index (χ0) is 22.7. The number of nitrogens with one attached hydrogen (secondary N) is 1. The van der Waals surface area contributed by atoms with Crippen molar-refractivity contribution >= 4 is 22.4 Å². The van der Waals surface area contributed by atoms with Gasteiger partial charge in [0.05, 0.1) is 39.7 Å². The molecule has 0 aromatic heterocycles. The Balaban J connectivity index is 1.52. The van der Waals surface area contributed by atoms with Gasteiger partial charge in [0.2, 0.25) is 0 Å². The van der Waals surface area contributed by atoms with Gasteiger partial charge in [-0.2, -0.15) is 13.2 Å². The molecule has 1 saturated heterocycles. The minimum absolute atomic E-state index is 0.0215. The van der Waals surface area contributed by atoms with E-state index < -0.39 is 44.9 Å². The number of hydrogen-bond donors (Lipinski definition) is 1. The van der Waals surface area contributed by atoms with E-state index in [0.29, 0.717) is 24.1 Å². The van der Waals surface area contributed by atoms with Crippen LogP contribution in [-0.2, 0) is 37.0 Å². The largest absolute Gasteiger partial charge is 0.417 e. The monoisotopic (exact) mass is 469 g/mol. The number of carbonyl (C=O) groups excluding carboxylic acids is 1. The Morgan fingerprint density at radius 3 is 2.62 bits per heavy atom. The van der Waals surface area contributed by atoms with Crippen molar-refractivity contribution in [3.8, 4) is 0 Å². The smallest absolute Gasteiger partial charge is 0.338 e. The van der Waals surface area contributed by atoms with Crippen LogP contribution in [0.3, 0.4) is 0 Å². The van der Waals surface area contributed by atoms with Crippen LogP contribution in [-0.4, -0.2) is 22.8 Å². The molecule has 2 fully saturated rings. The molecule has 0 radical (unpaired) electrons. The summed E-state index contributed by atoms with van der Waals surface area (Å²) in [4.78, 5) is 12.3. The van der Waals surface area contributed by atoms with Gasteiger partial charge >= 0.3 is 6.18 Å². The lowest BCUT2D eigenvalue weighted by Gasteiger charge is -2.37. The van der Waals surface area contributed by atoms with Crippen LogP contribution in [0, 0.1) is 11.7 Å². The normalized spacial score (nSPS) is 26.1. The number of ether oxygens (including phenoxy) is 2. The second-order valence-corrected chi connectivity index (χ2v) is 9.69. The van der Waals surface area contributed by atoms with E-state index >= 15 is 0 Å². The minimum atomic E-state index is -4.88. The molecule has 1 spiro atoms. The molecule has 1 saturated carbocycles. The number of hydrogen-bond acceptors (Lipinski definition) is 4. The molecule has 0 bridgehead atoms. The summed E-state index contributed by atoms with van der Waals surface area (Å²) in [5.74, 6) is -2.75. The molecular weight excluding hydrogens is 450 g/mol. The van der Waals surface area contributed by atoms with Crippen molar-refractivity contribution in [3.05, 3.63) is 53.3 Å². The van der Waals surface area contributed by atoms with E-state index in [2.05, 4.69) is 5.32 Å². The van der Waals surface area contributed by atoms with E-state index in [9.17, 15) is 26.6 Å². The van der Waals surface area contributed by atoms with Crippen molar-refractivity contribution in [1.82, 2.24) is 0 Å². The highest BCUT2D eigenvalue weighted by Gasteiger charge is 2.53. The van der Waals surface area contributed by atoms with E-state index in [1.165, 1.54) is 18.2 Å². The molecule has 2 aromatic carbocycles. The predicted octanol–water partition coefficient (Wildman–Crippen LogP) is 4.72. The van der Waals surface area contributed by atoms with Gasteiger partial charge in [-0.25, -0.2) is 8.60 Å². The molecule has 2 aromatic rings. The topological polar surface area (TPSA) is 64.6 Å². The van der Waals surface area contributed by atoms with Gasteiger partial charge in [-0.3, -0.25) is 4.79 Å². The van der Waals surface area contributed by atoms with E-state index in [1.807, 2.05) is 0 Å². The second kappa shape index (κ2) is 7.64. The number of rotatable bonds is 4. The first-order valence-electron chi connectivity index (χ1n) is 10.2. The highest BCUT2D eigenvalue weighted by atomic mass is 32.2. The molecule has 1 N–H and O–H groups in total. The van der Waals surface area contributed by atoms with Crippen LogP contribution in [0.2, 0.25) is 0 Å². The molecule has 5 rings (SSSR count). The molecule has 1 amide bonds. The van der Waals surface area contributed by atoms with Crippen LogP contribution in [0.5, 0.6) is 0 Å². The Hall–Kier alpha value is -2.30. The van der Waals surface area contributed by atoms with Gasteiger partial charge in [-0.1, -0.05) is 12.8 Å². The fourth-order valence-electron chi connectivity index (χ4n) is 4.17. The molecule has 170 valence electrons. The van der Waals surface area contributed by atoms with Gasteiger partial charge in [0.15, 0.2) is 0 Å². The maximum Gasteiger partial charge on any atom is 0.417 e. The maximum absolute atomic E-state index is 13.5. The molecule has 2 heterocycles. The van der Waals surface area contributed by atoms with Crippen LogP contribution in [0.15, 0.2) is 46.2 Å². The van der Waals surface area contributed by atoms with Gasteiger partial charge in [0, 0.05) is 10.5 Å². The molecule has 3 aliphatic rings. The number of alkyl halides is 3. The van der Waals surface area contributed by atoms with E-state index in [1.54, 1.807) is 0 Å². The molecule has 32 heavy (non-hydrogen) atoms. The molecule has 2 unspecified atom stereocenters. The number of amides is 1. The highest BCUT2D eigenvalue weighted by Crippen LogP contribution is 2.46. The van der Waals surface area contributed by atoms with Crippen LogP contribution in [0.4, 0.5) is 23.2 Å². The summed E-state index contributed by atoms with van der Waals surface area (Å²) in [7, 11) is -2.28. The predicted molar refractivity (Wildman–Crippen MR) is 106 cm³/mol. The Labute approximate surface area is 183 Å². The van der Waals surface area contributed by atoms with Crippen LogP contribution in [0.1, 0.15) is 36.8 Å². The Bertz CT molecular complexity index is 1120. The zero-order valence-corrected chi connectivity index (χ0v) is 17.5. The molecule has 5 nitrogen and oxygen atoms in total. The first-order chi connectivity index (χ1) is 15.2. The summed E-state index contributed by atoms with van der Waals surface area (Å²) in [6.45, 7) is 0.285. The third kappa shape index (κ3) is 3.74. The summed E-state index contributed by atoms with van der Waals surface area (Å²) in [6, 6.07) is 6.21. The van der Waals surface area contributed by atoms with E-state index in [0.717, 1.165) is 31.4 Å². The highest BCUT2D eigenvalue weighted by molar-refractivity contribution is 7.85. The van der Waals surface area contributed by atoms with Gasteiger partial charge in [0.25, 0.3) is 11.7 Å². The molecule has 2 aliphatic heterocycles. The van der Waals surface area contributed by atoms with E-state index in [-0.39, 0.29) is 23.2 Å². The fraction of sp³-hybridized carbons (Fsp3) is 0.409. The zero-order valence-electron chi connectivity index (χ0n) is 16.7. The molecular formula is C22H19F4NO4S. The number of fused-ring (bicyclic) bond motifs is 2. The van der Waals surface area contributed by atoms with Crippen molar-refractivity contribution in [3.63, 3.8) is 0 Å². The summed E-state index contributed by atoms with van der Waals surface area (Å²) >= 11 is 0. The first-order valence-corrected chi connectivity index (χ1v) is 11.4. The lowest BCUT2D eigenvalue weighted by molar-refractivity contribution is -0.281. The molecule has 3 atom stereocenters. The summed E-state index contributed by atoms with van der Waals surface area (Å²) in [6.07, 6.45) is -1.37. The second-order valence-electron chi connectivity index (χ2n) is 8.24. The molecule has 1 aliphatic carbocycles. The van der Waals surface area contributed by atoms with Crippen molar-refractivity contribution in [1.29, 1.82) is 0 Å². The first kappa shape index (κ1) is 21.5. The van der Waals surface area contributed by atoms with Crippen LogP contribution >= 0.6 is 0 Å². The van der Waals surface area contributed by atoms with Crippen molar-refractivity contribution in [2.45, 2.75) is 53.5 Å². The minimum Gasteiger partial charge on any atom is -0.338 e. The molecule has 10 heteroatoms. The number of benzene rings is 2. The third-order valence-corrected chi connectivity index (χ3v) is 7.36. The average Bonchev–Trinajstić information content (AvgIpc) is 3.52. The van der Waals surface area contributed by atoms with Gasteiger partial charge in [-0.05, 0) is 55.2 Å². The lowest BCUT2D eigenvalue weighted by atomic mass is 10.0. The van der Waals surface area contributed by atoms with Gasteiger partial charge in [-0.15, -0.1) is 0 Å². The van der Waals surface area contributed by atoms with Crippen LogP contribution < -0.4 is 5.32 Å². The standard InChI is InChI=1S/C22H19F4NO4S/c23-13-3-6-19(17(10-13)22(24,25)26)32(29)15-4-5-18-16(11-15)21(20(28)27-18)30-8-7-14(31-21)9-12-1-2-12/h3-6,10-12,14H,1-2,7-9H2,(H,27,28)/t14?,21?,32-/m1/s1. The number of carbonyl (C=O) groups is 1. The fourth-order valence-corrected chi connectivity index (χ4v) is 5.41. The van der Waals surface area contributed by atoms with Crippen molar-refractivity contribution in [2.75, 3.05) is 11.9 Å². The summed E-state index contributed by atoms with van der Waals surface area (Å²) in [5.41, 5.74) is -0.641. The number of halogens is 4. The average molecular weight is 469 g/mol. The SMILES string of the molecule is O=C1Nc2ccc([S@@](=O)c3ccc(F)cc3C(F)(F)F)cc2C12OCCC(CC1CC1)O2. The quantitative estimate of drug-likeness (QED) is 0.659. The Morgan fingerprint density at radius 2 is 1.91 bits per heavy atom. The Morgan fingerprint density at radius 1 is 1.12 bits per heavy atom. The van der Waals surface area contributed by atoms with Crippen molar-refractivity contribution < 1.29 is 36.0 Å². The van der Waals surface area contributed by atoms with Crippen LogP contribution in [0.25, 0.3) is 0 Å². The third-order valence-electron chi connectivity index (χ3n) is 5.92. The number of anilines is 1. The maximum atomic E-state index is 13.5. The lowest BCUT2D eigenvalue weighted by Crippen LogP contribution is -2.47. The van der Waals surface area contributed by atoms with E-state index in [4.69, 9.17) is 9.47 Å². The van der Waals surface area contributed by atoms with Crippen molar-refractivity contribution in [2.24, 2.45) is 5.92 Å². The Kier molecular flexibility index (Phi) is 5.14. The van der Waals surface area contributed by atoms with Gasteiger partial charge < -0.3 is 14.8 Å². The summed E-state index contributed by atoms with van der Waals surface area (Å²) in [5, 5.41) is 2.68. The van der Waals surface area contributed by atoms with Gasteiger partial charge in [0.1, 0.15) is 5.82 Å². The summed E-state index contributed by atoms with van der Waals surface area (Å²) < 4.78 is 78.7.